The van der Waals surface area contributed by atoms with Crippen molar-refractivity contribution in [2.75, 3.05) is 19.6 Å². The van der Waals surface area contributed by atoms with Crippen LogP contribution < -0.4 is 15.3 Å². The van der Waals surface area contributed by atoms with E-state index in [0.29, 0.717) is 0 Å². The summed E-state index contributed by atoms with van der Waals surface area (Å²) in [5.41, 5.74) is 0. The third-order valence-electron chi connectivity index (χ3n) is 1.50. The first-order valence-corrected chi connectivity index (χ1v) is 5.83. The molecule has 0 heterocycles. The Bertz CT molecular complexity index is 360. The number of carboxylic acid groups (broad SMARTS) is 3. The van der Waals surface area contributed by atoms with Crippen LogP contribution in [0, 0.1) is 30.3 Å². The number of nitrogens with zero attached hydrogens (tertiary/aromatic N) is 3. The van der Waals surface area contributed by atoms with Gasteiger partial charge in [0.25, 0.3) is 0 Å². The second kappa shape index (κ2) is 19.2. The van der Waals surface area contributed by atoms with Gasteiger partial charge in [-0.25, -0.2) is 0 Å². The molecule has 25 heavy (non-hydrogen) atoms. The van der Waals surface area contributed by atoms with Crippen molar-refractivity contribution in [3.8, 4) is 0 Å². The molecular weight excluding hydrogens is 369 g/mol. The largest absolute Gasteiger partial charge is 3.00 e. The van der Waals surface area contributed by atoms with Crippen molar-refractivity contribution in [1.82, 2.24) is 0 Å². The summed E-state index contributed by atoms with van der Waals surface area (Å²) in [7, 11) is 0. The van der Waals surface area contributed by atoms with E-state index in [1.165, 1.54) is 0 Å². The zero-order valence-corrected chi connectivity index (χ0v) is 13.7. The van der Waals surface area contributed by atoms with E-state index in [1.807, 2.05) is 0 Å². The smallest absolute Gasteiger partial charge is 0.550 e. The molecule has 16 heteroatoms. The van der Waals surface area contributed by atoms with Crippen LogP contribution in [-0.4, -0.2) is 69.7 Å². The minimum absolute atomic E-state index is 0. The second-order valence-electron chi connectivity index (χ2n) is 3.54. The molecule has 138 valence electrons. The molecule has 0 aliphatic carbocycles. The van der Waals surface area contributed by atoms with Gasteiger partial charge in [0.05, 0.1) is 19.3 Å². The van der Waals surface area contributed by atoms with Gasteiger partial charge in [-0.15, -0.1) is 0 Å². The first-order chi connectivity index (χ1) is 10.9. The maximum absolute atomic E-state index is 9.49. The van der Waals surface area contributed by atoms with Crippen molar-refractivity contribution in [3.63, 3.8) is 0 Å². The Morgan fingerprint density at radius 3 is 0.760 bits per heavy atom. The molecule has 0 saturated heterocycles. The molecule has 0 aromatic heterocycles. The standard InChI is InChI=1S/3C3H5NO4.Al/c3*5-3(6)1-2-4(7)8;/h3*1-2H2,(H,5,6);/q;;;+3/p-3. The number of hydrogen-bond donors (Lipinski definition) is 0. The molecule has 15 nitrogen and oxygen atoms in total. The van der Waals surface area contributed by atoms with Crippen LogP contribution in [-0.2, 0) is 14.4 Å². The van der Waals surface area contributed by atoms with Gasteiger partial charge in [0.2, 0.25) is 19.6 Å². The van der Waals surface area contributed by atoms with Gasteiger partial charge >= 0.3 is 17.4 Å². The SMILES string of the molecule is O=C([O-])CC[N+](=O)[O-].O=C([O-])CC[N+](=O)[O-].O=C([O-])CC[N+](=O)[O-].[Al+3]. The van der Waals surface area contributed by atoms with Crippen LogP contribution in [0.3, 0.4) is 0 Å². The van der Waals surface area contributed by atoms with Crippen molar-refractivity contribution in [2.24, 2.45) is 0 Å². The maximum atomic E-state index is 9.49. The Morgan fingerprint density at radius 1 is 0.560 bits per heavy atom. The first-order valence-electron chi connectivity index (χ1n) is 5.83. The summed E-state index contributed by atoms with van der Waals surface area (Å²) >= 11 is 0. The van der Waals surface area contributed by atoms with Gasteiger partial charge in [-0.3, -0.25) is 30.3 Å². The number of hydrogen-bond acceptors (Lipinski definition) is 12. The summed E-state index contributed by atoms with van der Waals surface area (Å²) in [5.74, 6) is -4.16. The number of aliphatic carboxylic acids is 3. The number of carbonyl (C=O) groups is 3. The van der Waals surface area contributed by atoms with Crippen LogP contribution in [0.1, 0.15) is 19.3 Å². The van der Waals surface area contributed by atoms with Crippen molar-refractivity contribution in [3.05, 3.63) is 30.3 Å². The van der Waals surface area contributed by atoms with Gasteiger partial charge in [0, 0.05) is 32.7 Å². The van der Waals surface area contributed by atoms with Crippen LogP contribution in [0.15, 0.2) is 0 Å². The minimum atomic E-state index is -1.39. The van der Waals surface area contributed by atoms with Crippen LogP contribution >= 0.6 is 0 Å². The van der Waals surface area contributed by atoms with E-state index in [2.05, 4.69) is 0 Å². The molecule has 0 spiro atoms. The molecule has 0 saturated carbocycles. The zero-order chi connectivity index (χ0) is 19.7. The van der Waals surface area contributed by atoms with E-state index >= 15 is 0 Å². The van der Waals surface area contributed by atoms with E-state index in [0.717, 1.165) is 0 Å². The van der Waals surface area contributed by atoms with Crippen molar-refractivity contribution in [2.45, 2.75) is 19.3 Å². The molecule has 0 rings (SSSR count). The number of rotatable bonds is 9. The molecule has 0 aliphatic rings. The maximum Gasteiger partial charge on any atom is 3.00 e. The van der Waals surface area contributed by atoms with Gasteiger partial charge in [-0.1, -0.05) is 0 Å². The molecule has 0 bridgehead atoms. The Morgan fingerprint density at radius 2 is 0.720 bits per heavy atom. The molecule has 0 radical (unpaired) electrons. The number of nitro groups is 3. The average Bonchev–Trinajstić information content (AvgIpc) is 2.42. The number of carbonyl (C=O) groups excluding carboxylic acids is 3. The van der Waals surface area contributed by atoms with E-state index in [4.69, 9.17) is 0 Å². The summed E-state index contributed by atoms with van der Waals surface area (Å²) < 4.78 is 0. The Balaban J connectivity index is -0.000000130. The third kappa shape index (κ3) is 52.5. The van der Waals surface area contributed by atoms with Gasteiger partial charge in [0.1, 0.15) is 0 Å². The quantitative estimate of drug-likeness (QED) is 0.206. The summed E-state index contributed by atoms with van der Waals surface area (Å²) in [5, 5.41) is 56.7. The predicted octanol–water partition coefficient (Wildman–Crippen LogP) is -5.17. The molecular formula is C9H12AlN3O12. The minimum Gasteiger partial charge on any atom is -0.550 e. The fourth-order valence-corrected chi connectivity index (χ4v) is 0.548. The van der Waals surface area contributed by atoms with E-state index in [-0.39, 0.29) is 17.4 Å². The molecule has 0 aromatic rings. The van der Waals surface area contributed by atoms with E-state index in [9.17, 15) is 60.0 Å². The van der Waals surface area contributed by atoms with Crippen LogP contribution in [0.2, 0.25) is 0 Å². The fourth-order valence-electron chi connectivity index (χ4n) is 0.548. The zero-order valence-electron chi connectivity index (χ0n) is 12.6. The van der Waals surface area contributed by atoms with Gasteiger partial charge < -0.3 is 29.7 Å². The van der Waals surface area contributed by atoms with E-state index < -0.39 is 71.6 Å². The molecule has 0 N–H and O–H groups in total. The Hall–Kier alpha value is -2.86. The third-order valence-corrected chi connectivity index (χ3v) is 1.50. The van der Waals surface area contributed by atoms with Crippen molar-refractivity contribution in [1.29, 1.82) is 0 Å². The van der Waals surface area contributed by atoms with Crippen molar-refractivity contribution < 1.29 is 44.5 Å². The predicted molar refractivity (Wildman–Crippen MR) is 70.2 cm³/mol. The van der Waals surface area contributed by atoms with E-state index in [1.54, 1.807) is 0 Å². The summed E-state index contributed by atoms with van der Waals surface area (Å²) in [6.45, 7) is -1.66. The number of carboxylic acids is 3. The van der Waals surface area contributed by atoms with Gasteiger partial charge in [0.15, 0.2) is 0 Å². The summed E-state index contributed by atoms with van der Waals surface area (Å²) in [6.07, 6.45) is -1.52. The van der Waals surface area contributed by atoms with Crippen LogP contribution in [0.25, 0.3) is 0 Å². The summed E-state index contributed by atoms with van der Waals surface area (Å²) in [6, 6.07) is 0. The first kappa shape index (κ1) is 30.1. The average molecular weight is 381 g/mol. The molecule has 0 fully saturated rings. The fraction of sp³-hybridized carbons (Fsp3) is 0.667. The normalized spacial score (nSPS) is 8.16. The van der Waals surface area contributed by atoms with Gasteiger partial charge in [-0.05, 0) is 0 Å². The monoisotopic (exact) mass is 381 g/mol. The molecule has 0 aromatic carbocycles. The molecule has 0 aliphatic heterocycles. The summed E-state index contributed by atoms with van der Waals surface area (Å²) in [4.78, 5) is 54.6. The van der Waals surface area contributed by atoms with Gasteiger partial charge in [-0.2, -0.15) is 0 Å². The van der Waals surface area contributed by atoms with Crippen molar-refractivity contribution >= 4 is 35.3 Å². The Kier molecular flexibility index (Phi) is 23.1. The van der Waals surface area contributed by atoms with Crippen LogP contribution in [0.5, 0.6) is 0 Å². The molecule has 0 unspecified atom stereocenters. The topological polar surface area (TPSA) is 250 Å². The second-order valence-corrected chi connectivity index (χ2v) is 3.54. The molecule has 0 atom stereocenters. The van der Waals surface area contributed by atoms with Crippen LogP contribution in [0.4, 0.5) is 0 Å². The Labute approximate surface area is 149 Å². The molecule has 0 amide bonds.